The van der Waals surface area contributed by atoms with E-state index >= 15 is 0 Å². The van der Waals surface area contributed by atoms with Crippen molar-refractivity contribution in [3.63, 3.8) is 0 Å². The van der Waals surface area contributed by atoms with Gasteiger partial charge in [0.1, 0.15) is 5.60 Å². The van der Waals surface area contributed by atoms with E-state index in [-0.39, 0.29) is 36.3 Å². The minimum atomic E-state index is -0.424. The van der Waals surface area contributed by atoms with E-state index in [1.807, 2.05) is 19.9 Å². The maximum absolute atomic E-state index is 11.5. The Kier molecular flexibility index (Phi) is 3.77. The van der Waals surface area contributed by atoms with Crippen molar-refractivity contribution in [2.75, 3.05) is 7.11 Å². The Hall–Kier alpha value is -1.75. The number of phenolic OH excluding ortho intramolecular Hbond substituents is 1. The molecule has 3 rings (SSSR count). The monoisotopic (exact) mass is 306 g/mol. The van der Waals surface area contributed by atoms with Crippen LogP contribution in [0, 0.1) is 5.92 Å². The fourth-order valence-corrected chi connectivity index (χ4v) is 3.52. The lowest BCUT2D eigenvalue weighted by Gasteiger charge is -2.48. The lowest BCUT2D eigenvalue weighted by atomic mass is 9.75. The van der Waals surface area contributed by atoms with Crippen LogP contribution in [0.15, 0.2) is 18.2 Å². The molecule has 2 aliphatic rings. The molecule has 1 fully saturated rings. The number of esters is 1. The molecule has 1 aromatic rings. The van der Waals surface area contributed by atoms with Crippen LogP contribution in [0.5, 0.6) is 11.5 Å². The Morgan fingerprint density at radius 3 is 2.91 bits per heavy atom. The minimum absolute atomic E-state index is 0.128. The predicted octanol–water partition coefficient (Wildman–Crippen LogP) is 2.96. The van der Waals surface area contributed by atoms with Gasteiger partial charge in [-0.1, -0.05) is 12.1 Å². The van der Waals surface area contributed by atoms with Crippen LogP contribution in [-0.2, 0) is 14.3 Å². The molecule has 0 aliphatic carbocycles. The summed E-state index contributed by atoms with van der Waals surface area (Å²) in [6.45, 7) is 4.04. The Morgan fingerprint density at radius 2 is 2.18 bits per heavy atom. The average molecular weight is 306 g/mol. The molecular formula is C17H22O5. The number of carbonyl (C=O) groups excluding carboxylic acids is 1. The fraction of sp³-hybridized carbons (Fsp3) is 0.588. The third-order valence-corrected chi connectivity index (χ3v) is 4.72. The van der Waals surface area contributed by atoms with Gasteiger partial charge in [0.25, 0.3) is 0 Å². The predicted molar refractivity (Wildman–Crippen MR) is 79.8 cm³/mol. The molecule has 2 aliphatic heterocycles. The van der Waals surface area contributed by atoms with Crippen molar-refractivity contribution in [1.29, 1.82) is 0 Å². The van der Waals surface area contributed by atoms with Gasteiger partial charge in [0.15, 0.2) is 11.5 Å². The molecule has 3 atom stereocenters. The highest BCUT2D eigenvalue weighted by atomic mass is 16.5. The molecule has 0 unspecified atom stereocenters. The highest BCUT2D eigenvalue weighted by Gasteiger charge is 2.48. The number of benzene rings is 1. The van der Waals surface area contributed by atoms with Gasteiger partial charge >= 0.3 is 5.97 Å². The molecule has 5 heteroatoms. The maximum atomic E-state index is 11.5. The Labute approximate surface area is 130 Å². The first kappa shape index (κ1) is 15.2. The Balaban J connectivity index is 1.91. The number of fused-ring (bicyclic) bond motifs is 3. The quantitative estimate of drug-likeness (QED) is 0.851. The fourth-order valence-electron chi connectivity index (χ4n) is 3.52. The average Bonchev–Trinajstić information content (AvgIpc) is 2.48. The summed E-state index contributed by atoms with van der Waals surface area (Å²) < 4.78 is 17.0. The van der Waals surface area contributed by atoms with Gasteiger partial charge in [0, 0.05) is 11.5 Å². The molecule has 22 heavy (non-hydrogen) atoms. The number of methoxy groups -OCH3 is 1. The third kappa shape index (κ3) is 2.54. The summed E-state index contributed by atoms with van der Waals surface area (Å²) >= 11 is 0. The standard InChI is InChI=1S/C17H22O5/c1-17(2)12-8-7-10(9-14(19)20-3)21-15(12)11-5-4-6-13(18)16(11)22-17/h4-6,10,12,15,18H,7-9H2,1-3H3/t10-,12+,15-/m1/s1. The van der Waals surface area contributed by atoms with E-state index in [0.717, 1.165) is 18.4 Å². The van der Waals surface area contributed by atoms with Gasteiger partial charge in [0.2, 0.25) is 0 Å². The van der Waals surface area contributed by atoms with Crippen LogP contribution in [0.2, 0.25) is 0 Å². The topological polar surface area (TPSA) is 65.0 Å². The summed E-state index contributed by atoms with van der Waals surface area (Å²) in [4.78, 5) is 11.5. The molecular weight excluding hydrogens is 284 g/mol. The van der Waals surface area contributed by atoms with Crippen molar-refractivity contribution in [3.8, 4) is 11.5 Å². The zero-order valence-electron chi connectivity index (χ0n) is 13.2. The summed E-state index contributed by atoms with van der Waals surface area (Å²) in [7, 11) is 1.39. The van der Waals surface area contributed by atoms with Crippen molar-refractivity contribution in [1.82, 2.24) is 0 Å². The van der Waals surface area contributed by atoms with Crippen LogP contribution in [0.4, 0.5) is 0 Å². The normalized spacial score (nSPS) is 29.0. The van der Waals surface area contributed by atoms with Gasteiger partial charge in [-0.05, 0) is 32.8 Å². The van der Waals surface area contributed by atoms with E-state index < -0.39 is 5.60 Å². The summed E-state index contributed by atoms with van der Waals surface area (Å²) in [5.74, 6) is 0.553. The van der Waals surface area contributed by atoms with Gasteiger partial charge in [-0.2, -0.15) is 0 Å². The van der Waals surface area contributed by atoms with Gasteiger partial charge in [0.05, 0.1) is 25.7 Å². The molecule has 2 heterocycles. The SMILES string of the molecule is COC(=O)C[C@H]1CC[C@H]2[C@H](O1)c1cccc(O)c1OC2(C)C. The number of aromatic hydroxyl groups is 1. The van der Waals surface area contributed by atoms with Gasteiger partial charge < -0.3 is 19.3 Å². The number of para-hydroxylation sites is 1. The van der Waals surface area contributed by atoms with Crippen molar-refractivity contribution >= 4 is 5.97 Å². The van der Waals surface area contributed by atoms with Crippen LogP contribution in [0.1, 0.15) is 44.8 Å². The largest absolute Gasteiger partial charge is 0.504 e. The van der Waals surface area contributed by atoms with Gasteiger partial charge in [-0.3, -0.25) is 4.79 Å². The maximum Gasteiger partial charge on any atom is 0.308 e. The van der Waals surface area contributed by atoms with E-state index in [1.54, 1.807) is 12.1 Å². The molecule has 0 radical (unpaired) electrons. The molecule has 1 N–H and O–H groups in total. The van der Waals surface area contributed by atoms with Crippen molar-refractivity contribution in [3.05, 3.63) is 23.8 Å². The highest BCUT2D eigenvalue weighted by molar-refractivity contribution is 5.69. The number of rotatable bonds is 2. The van der Waals surface area contributed by atoms with Crippen LogP contribution >= 0.6 is 0 Å². The first-order valence-corrected chi connectivity index (χ1v) is 7.65. The lowest BCUT2D eigenvalue weighted by molar-refractivity contribution is -0.164. The second-order valence-corrected chi connectivity index (χ2v) is 6.54. The Bertz CT molecular complexity index is 580. The van der Waals surface area contributed by atoms with Crippen LogP contribution in [0.3, 0.4) is 0 Å². The highest BCUT2D eigenvalue weighted by Crippen LogP contribution is 2.53. The van der Waals surface area contributed by atoms with Crippen LogP contribution in [0.25, 0.3) is 0 Å². The number of carbonyl (C=O) groups is 1. The molecule has 0 spiro atoms. The van der Waals surface area contributed by atoms with Crippen LogP contribution in [-0.4, -0.2) is 29.9 Å². The van der Waals surface area contributed by atoms with E-state index in [2.05, 4.69) is 0 Å². The number of ether oxygens (including phenoxy) is 3. The lowest BCUT2D eigenvalue weighted by Crippen LogP contribution is -2.48. The third-order valence-electron chi connectivity index (χ3n) is 4.72. The summed E-state index contributed by atoms with van der Waals surface area (Å²) in [6.07, 6.45) is 1.65. The molecule has 120 valence electrons. The second kappa shape index (κ2) is 5.47. The first-order valence-electron chi connectivity index (χ1n) is 7.65. The first-order chi connectivity index (χ1) is 10.4. The molecule has 0 aromatic heterocycles. The Morgan fingerprint density at radius 1 is 1.41 bits per heavy atom. The smallest absolute Gasteiger partial charge is 0.308 e. The van der Waals surface area contributed by atoms with E-state index in [1.165, 1.54) is 7.11 Å². The van der Waals surface area contributed by atoms with Gasteiger partial charge in [-0.25, -0.2) is 0 Å². The summed E-state index contributed by atoms with van der Waals surface area (Å²) in [6, 6.07) is 5.33. The molecule has 1 saturated heterocycles. The molecule has 0 bridgehead atoms. The zero-order chi connectivity index (χ0) is 15.9. The second-order valence-electron chi connectivity index (χ2n) is 6.54. The number of hydrogen-bond acceptors (Lipinski definition) is 5. The molecule has 1 aromatic carbocycles. The number of phenols is 1. The molecule has 5 nitrogen and oxygen atoms in total. The summed E-state index contributed by atoms with van der Waals surface area (Å²) in [5.41, 5.74) is 0.436. The molecule has 0 amide bonds. The van der Waals surface area contributed by atoms with Crippen molar-refractivity contribution in [2.24, 2.45) is 5.92 Å². The summed E-state index contributed by atoms with van der Waals surface area (Å²) in [5, 5.41) is 10.1. The number of hydrogen-bond donors (Lipinski definition) is 1. The van der Waals surface area contributed by atoms with E-state index in [9.17, 15) is 9.90 Å². The van der Waals surface area contributed by atoms with Crippen molar-refractivity contribution < 1.29 is 24.1 Å². The molecule has 0 saturated carbocycles. The minimum Gasteiger partial charge on any atom is -0.504 e. The van der Waals surface area contributed by atoms with Gasteiger partial charge in [-0.15, -0.1) is 0 Å². The van der Waals surface area contributed by atoms with E-state index in [4.69, 9.17) is 14.2 Å². The van der Waals surface area contributed by atoms with Crippen LogP contribution < -0.4 is 4.74 Å². The van der Waals surface area contributed by atoms with E-state index in [0.29, 0.717) is 5.75 Å². The zero-order valence-corrected chi connectivity index (χ0v) is 13.2. The van der Waals surface area contributed by atoms with Crippen molar-refractivity contribution in [2.45, 2.75) is 50.9 Å².